The molecule has 1 aliphatic heterocycles. The van der Waals surface area contributed by atoms with Crippen molar-refractivity contribution in [1.29, 1.82) is 0 Å². The number of rotatable bonds is 5. The second-order valence-corrected chi connectivity index (χ2v) is 5.80. The summed E-state index contributed by atoms with van der Waals surface area (Å²) >= 11 is 0. The third-order valence-electron chi connectivity index (χ3n) is 4.04. The van der Waals surface area contributed by atoms with Gasteiger partial charge in [0.2, 0.25) is 0 Å². The first-order chi connectivity index (χ1) is 11.5. The number of oxazole rings is 1. The van der Waals surface area contributed by atoms with E-state index in [1.54, 1.807) is 6.92 Å². The van der Waals surface area contributed by atoms with E-state index in [9.17, 15) is 4.79 Å². The van der Waals surface area contributed by atoms with Crippen LogP contribution in [0.3, 0.4) is 0 Å². The number of aryl methyl sites for hydroxylation is 2. The summed E-state index contributed by atoms with van der Waals surface area (Å²) in [6, 6.07) is 8.08. The van der Waals surface area contributed by atoms with Crippen LogP contribution in [0.1, 0.15) is 35.2 Å². The van der Waals surface area contributed by atoms with Crippen LogP contribution in [0.25, 0.3) is 0 Å². The number of amidine groups is 1. The summed E-state index contributed by atoms with van der Waals surface area (Å²) in [4.78, 5) is 20.3. The largest absolute Gasteiger partial charge is 0.460 e. The first-order valence-corrected chi connectivity index (χ1v) is 7.83. The topological polar surface area (TPSA) is 103 Å². The lowest BCUT2D eigenvalue weighted by atomic mass is 10.0. The summed E-state index contributed by atoms with van der Waals surface area (Å²) in [5.74, 6) is 0.215. The van der Waals surface area contributed by atoms with E-state index in [2.05, 4.69) is 15.3 Å². The molecule has 3 N–H and O–H groups in total. The molecule has 7 heteroatoms. The summed E-state index contributed by atoms with van der Waals surface area (Å²) in [5.41, 5.74) is 7.75. The number of anilines is 1. The molecule has 0 aliphatic carbocycles. The van der Waals surface area contributed by atoms with Crippen LogP contribution >= 0.6 is 0 Å². The lowest BCUT2D eigenvalue weighted by molar-refractivity contribution is 0.102. The lowest BCUT2D eigenvalue weighted by Crippen LogP contribution is -2.20. The van der Waals surface area contributed by atoms with Gasteiger partial charge >= 0.3 is 0 Å². The number of carbonyl (C=O) groups excluding carboxylic acids is 1. The van der Waals surface area contributed by atoms with E-state index in [0.29, 0.717) is 17.1 Å². The Kier molecular flexibility index (Phi) is 4.50. The van der Waals surface area contributed by atoms with Crippen molar-refractivity contribution in [3.05, 3.63) is 47.7 Å². The molecule has 2 aromatic rings. The smallest absolute Gasteiger partial charge is 0.282 e. The predicted octanol–water partition coefficient (Wildman–Crippen LogP) is 2.27. The Morgan fingerprint density at radius 2 is 2.08 bits per heavy atom. The summed E-state index contributed by atoms with van der Waals surface area (Å²) in [6.45, 7) is 3.67. The predicted molar refractivity (Wildman–Crippen MR) is 89.9 cm³/mol. The molecule has 2 atom stereocenters. The van der Waals surface area contributed by atoms with Gasteiger partial charge in [0.05, 0.1) is 6.04 Å². The molecule has 0 bridgehead atoms. The highest BCUT2D eigenvalue weighted by molar-refractivity contribution is 6.03. The third kappa shape index (κ3) is 3.56. The molecular formula is C17H20N4O3. The van der Waals surface area contributed by atoms with Crippen LogP contribution < -0.4 is 11.1 Å². The molecule has 1 aromatic carbocycles. The maximum Gasteiger partial charge on any atom is 0.282 e. The molecule has 3 rings (SSSR count). The minimum Gasteiger partial charge on any atom is -0.460 e. The van der Waals surface area contributed by atoms with E-state index in [0.717, 1.165) is 12.8 Å². The third-order valence-corrected chi connectivity index (χ3v) is 4.04. The van der Waals surface area contributed by atoms with E-state index < -0.39 is 0 Å². The molecule has 0 radical (unpaired) electrons. The molecule has 1 amide bonds. The molecule has 1 aromatic heterocycles. The molecular weight excluding hydrogens is 308 g/mol. The van der Waals surface area contributed by atoms with Crippen molar-refractivity contribution in [1.82, 2.24) is 4.98 Å². The number of hydrogen-bond acceptors (Lipinski definition) is 6. The summed E-state index contributed by atoms with van der Waals surface area (Å²) in [6.07, 6.45) is 3.02. The lowest BCUT2D eigenvalue weighted by Gasteiger charge is -2.12. The number of hydrogen-bond donors (Lipinski definition) is 2. The van der Waals surface area contributed by atoms with Gasteiger partial charge in [0, 0.05) is 5.69 Å². The van der Waals surface area contributed by atoms with Gasteiger partial charge in [-0.2, -0.15) is 0 Å². The Morgan fingerprint density at radius 3 is 2.67 bits per heavy atom. The molecule has 126 valence electrons. The first-order valence-electron chi connectivity index (χ1n) is 7.83. The van der Waals surface area contributed by atoms with Gasteiger partial charge in [-0.3, -0.25) is 4.79 Å². The number of benzene rings is 1. The van der Waals surface area contributed by atoms with E-state index in [-0.39, 0.29) is 24.1 Å². The van der Waals surface area contributed by atoms with Gasteiger partial charge in [-0.25, -0.2) is 9.98 Å². The number of nitrogens with zero attached hydrogens (tertiary/aromatic N) is 2. The maximum absolute atomic E-state index is 12.1. The van der Waals surface area contributed by atoms with Crippen LogP contribution in [0.4, 0.5) is 5.69 Å². The van der Waals surface area contributed by atoms with E-state index in [4.69, 9.17) is 14.9 Å². The van der Waals surface area contributed by atoms with Gasteiger partial charge in [0.15, 0.2) is 12.1 Å². The fraction of sp³-hybridized carbons (Fsp3) is 0.353. The SMILES string of the molecule is Cc1ocnc1C(=O)Nc1ccc(CCC2N=C(N)O[C@H]2C)cc1. The average Bonchev–Trinajstić information content (AvgIpc) is 3.11. The van der Waals surface area contributed by atoms with Crippen LogP contribution in [0.2, 0.25) is 0 Å². The van der Waals surface area contributed by atoms with Crippen LogP contribution in [0.15, 0.2) is 40.1 Å². The van der Waals surface area contributed by atoms with Crippen LogP contribution in [0, 0.1) is 6.92 Å². The van der Waals surface area contributed by atoms with Gasteiger partial charge in [0.25, 0.3) is 11.9 Å². The molecule has 0 spiro atoms. The monoisotopic (exact) mass is 328 g/mol. The quantitative estimate of drug-likeness (QED) is 0.876. The van der Waals surface area contributed by atoms with Gasteiger partial charge in [0.1, 0.15) is 11.9 Å². The van der Waals surface area contributed by atoms with Crippen molar-refractivity contribution in [2.24, 2.45) is 10.7 Å². The number of nitrogens with two attached hydrogens (primary N) is 1. The second-order valence-electron chi connectivity index (χ2n) is 5.80. The highest BCUT2D eigenvalue weighted by atomic mass is 16.5. The zero-order chi connectivity index (χ0) is 17.1. The van der Waals surface area contributed by atoms with Crippen molar-refractivity contribution in [3.63, 3.8) is 0 Å². The zero-order valence-corrected chi connectivity index (χ0v) is 13.7. The van der Waals surface area contributed by atoms with Gasteiger partial charge in [-0.1, -0.05) is 12.1 Å². The van der Waals surface area contributed by atoms with Crippen LogP contribution in [0.5, 0.6) is 0 Å². The minimum atomic E-state index is -0.282. The van der Waals surface area contributed by atoms with Gasteiger partial charge in [-0.15, -0.1) is 0 Å². The molecule has 7 nitrogen and oxygen atoms in total. The Bertz CT molecular complexity index is 751. The molecule has 0 saturated carbocycles. The Morgan fingerprint density at radius 1 is 1.33 bits per heavy atom. The van der Waals surface area contributed by atoms with Crippen molar-refractivity contribution in [3.8, 4) is 0 Å². The van der Waals surface area contributed by atoms with E-state index in [1.165, 1.54) is 12.0 Å². The minimum absolute atomic E-state index is 0.0225. The molecule has 2 heterocycles. The molecule has 1 aliphatic rings. The average molecular weight is 328 g/mol. The highest BCUT2D eigenvalue weighted by Crippen LogP contribution is 2.19. The molecule has 24 heavy (non-hydrogen) atoms. The standard InChI is InChI=1S/C17H20N4O3/c1-10-14(21-17(18)24-10)8-5-12-3-6-13(7-4-12)20-16(22)15-11(2)23-9-19-15/h3-4,6-7,9-10,14H,5,8H2,1-2H3,(H2,18,21)(H,20,22)/t10-,14?/m0/s1. The Balaban J connectivity index is 1.56. The van der Waals surface area contributed by atoms with Crippen LogP contribution in [-0.4, -0.2) is 29.1 Å². The molecule has 0 fully saturated rings. The van der Waals surface area contributed by atoms with Crippen molar-refractivity contribution in [2.45, 2.75) is 38.8 Å². The van der Waals surface area contributed by atoms with E-state index in [1.807, 2.05) is 31.2 Å². The summed E-state index contributed by atoms with van der Waals surface area (Å²) in [7, 11) is 0. The number of ether oxygens (including phenoxy) is 1. The number of nitrogens with one attached hydrogen (secondary N) is 1. The number of amides is 1. The number of aliphatic imine (C=N–C) groups is 1. The summed E-state index contributed by atoms with van der Waals surface area (Å²) in [5, 5.41) is 2.80. The number of carbonyl (C=O) groups is 1. The van der Waals surface area contributed by atoms with Gasteiger partial charge in [-0.05, 0) is 44.4 Å². The zero-order valence-electron chi connectivity index (χ0n) is 13.7. The second kappa shape index (κ2) is 6.74. The van der Waals surface area contributed by atoms with E-state index >= 15 is 0 Å². The fourth-order valence-electron chi connectivity index (χ4n) is 2.65. The fourth-order valence-corrected chi connectivity index (χ4v) is 2.65. The molecule has 1 unspecified atom stereocenters. The summed E-state index contributed by atoms with van der Waals surface area (Å²) < 4.78 is 10.4. The highest BCUT2D eigenvalue weighted by Gasteiger charge is 2.25. The van der Waals surface area contributed by atoms with Crippen molar-refractivity contribution in [2.75, 3.05) is 5.32 Å². The normalized spacial score (nSPS) is 19.7. The number of aromatic nitrogens is 1. The Labute approximate surface area is 139 Å². The first kappa shape index (κ1) is 16.0. The van der Waals surface area contributed by atoms with Gasteiger partial charge < -0.3 is 20.2 Å². The van der Waals surface area contributed by atoms with Crippen LogP contribution in [-0.2, 0) is 11.2 Å². The van der Waals surface area contributed by atoms with Crippen molar-refractivity contribution >= 4 is 17.6 Å². The Hall–Kier alpha value is -2.83. The molecule has 0 saturated heterocycles. The maximum atomic E-state index is 12.1. The van der Waals surface area contributed by atoms with Crippen molar-refractivity contribution < 1.29 is 13.9 Å².